The normalized spacial score (nSPS) is 14.7. The predicted octanol–water partition coefficient (Wildman–Crippen LogP) is 1.95. The molecular formula is C17H22N4O. The molecular weight excluding hydrogens is 276 g/mol. The van der Waals surface area contributed by atoms with Crippen molar-refractivity contribution in [3.05, 3.63) is 53.0 Å². The molecule has 1 aliphatic heterocycles. The van der Waals surface area contributed by atoms with Gasteiger partial charge in [-0.05, 0) is 18.9 Å². The van der Waals surface area contributed by atoms with E-state index in [1.807, 2.05) is 44.3 Å². The third-order valence-electron chi connectivity index (χ3n) is 4.06. The highest BCUT2D eigenvalue weighted by atomic mass is 16.3. The van der Waals surface area contributed by atoms with Crippen LogP contribution >= 0.6 is 0 Å². The first kappa shape index (κ1) is 14.9. The molecule has 116 valence electrons. The molecule has 0 fully saturated rings. The van der Waals surface area contributed by atoms with Crippen LogP contribution in [0.2, 0.25) is 0 Å². The molecule has 1 atom stereocenters. The fourth-order valence-electron chi connectivity index (χ4n) is 2.85. The largest absolute Gasteiger partial charge is 0.388 e. The second-order valence-electron chi connectivity index (χ2n) is 5.76. The Hall–Kier alpha value is -1.98. The van der Waals surface area contributed by atoms with Crippen molar-refractivity contribution in [2.24, 2.45) is 0 Å². The number of aryl methyl sites for hydroxylation is 1. The minimum absolute atomic E-state index is 0.447. The van der Waals surface area contributed by atoms with Crippen molar-refractivity contribution < 1.29 is 5.11 Å². The van der Waals surface area contributed by atoms with Crippen LogP contribution in [0.5, 0.6) is 0 Å². The highest BCUT2D eigenvalue weighted by Crippen LogP contribution is 2.25. The average molecular weight is 298 g/mol. The second kappa shape index (κ2) is 6.42. The number of aliphatic hydroxyl groups is 1. The van der Waals surface area contributed by atoms with Gasteiger partial charge in [0.05, 0.1) is 11.8 Å². The van der Waals surface area contributed by atoms with Crippen LogP contribution in [0, 0.1) is 6.92 Å². The number of benzene rings is 1. The van der Waals surface area contributed by atoms with Crippen LogP contribution in [0.4, 0.5) is 5.82 Å². The molecule has 0 saturated carbocycles. The molecule has 0 aliphatic carbocycles. The van der Waals surface area contributed by atoms with Gasteiger partial charge in [-0.3, -0.25) is 0 Å². The van der Waals surface area contributed by atoms with Gasteiger partial charge in [-0.15, -0.1) is 0 Å². The number of hydrogen-bond donors (Lipinski definition) is 2. The first-order valence-electron chi connectivity index (χ1n) is 7.66. The fourth-order valence-corrected chi connectivity index (χ4v) is 2.85. The van der Waals surface area contributed by atoms with E-state index in [4.69, 9.17) is 0 Å². The van der Waals surface area contributed by atoms with Crippen LogP contribution in [-0.2, 0) is 13.1 Å². The number of nitrogens with one attached hydrogen (secondary N) is 1. The molecule has 0 spiro atoms. The topological polar surface area (TPSA) is 61.3 Å². The molecule has 3 rings (SSSR count). The molecule has 0 saturated heterocycles. The van der Waals surface area contributed by atoms with Gasteiger partial charge in [0.1, 0.15) is 11.6 Å². The highest BCUT2D eigenvalue weighted by Gasteiger charge is 2.20. The molecule has 1 aliphatic rings. The number of aromatic nitrogens is 2. The summed E-state index contributed by atoms with van der Waals surface area (Å²) in [6.07, 6.45) is 0.226. The van der Waals surface area contributed by atoms with E-state index in [0.717, 1.165) is 42.5 Å². The molecule has 1 aromatic carbocycles. The molecule has 0 amide bonds. The van der Waals surface area contributed by atoms with E-state index in [1.165, 1.54) is 5.56 Å². The Kier molecular flexibility index (Phi) is 4.36. The average Bonchev–Trinajstić information content (AvgIpc) is 3.00. The lowest BCUT2D eigenvalue weighted by atomic mass is 10.1. The zero-order chi connectivity index (χ0) is 15.5. The summed E-state index contributed by atoms with van der Waals surface area (Å²) in [5, 5.41) is 13.6. The van der Waals surface area contributed by atoms with Gasteiger partial charge >= 0.3 is 0 Å². The summed E-state index contributed by atoms with van der Waals surface area (Å²) >= 11 is 0. The first-order valence-corrected chi connectivity index (χ1v) is 7.66. The molecule has 22 heavy (non-hydrogen) atoms. The van der Waals surface area contributed by atoms with Crippen LogP contribution in [0.1, 0.15) is 35.2 Å². The van der Waals surface area contributed by atoms with E-state index >= 15 is 0 Å². The lowest BCUT2D eigenvalue weighted by Gasteiger charge is -2.22. The van der Waals surface area contributed by atoms with Crippen molar-refractivity contribution >= 4 is 5.82 Å². The Morgan fingerprint density at radius 2 is 2.00 bits per heavy atom. The maximum absolute atomic E-state index is 10.3. The first-order chi connectivity index (χ1) is 10.6. The van der Waals surface area contributed by atoms with E-state index in [0.29, 0.717) is 6.42 Å². The van der Waals surface area contributed by atoms with Crippen LogP contribution in [0.15, 0.2) is 30.3 Å². The summed E-state index contributed by atoms with van der Waals surface area (Å²) in [6.45, 7) is 4.30. The lowest BCUT2D eigenvalue weighted by molar-refractivity contribution is 0.169. The maximum atomic E-state index is 10.3. The van der Waals surface area contributed by atoms with Gasteiger partial charge < -0.3 is 15.3 Å². The van der Waals surface area contributed by atoms with Crippen molar-refractivity contribution in [3.8, 4) is 0 Å². The van der Waals surface area contributed by atoms with Gasteiger partial charge in [-0.25, -0.2) is 9.97 Å². The molecule has 2 heterocycles. The van der Waals surface area contributed by atoms with Gasteiger partial charge in [-0.1, -0.05) is 30.3 Å². The predicted molar refractivity (Wildman–Crippen MR) is 86.6 cm³/mol. The number of fused-ring (bicyclic) bond motifs is 1. The zero-order valence-electron chi connectivity index (χ0n) is 13.1. The molecule has 0 radical (unpaired) electrons. The van der Waals surface area contributed by atoms with Gasteiger partial charge in [0, 0.05) is 32.2 Å². The van der Waals surface area contributed by atoms with E-state index in [9.17, 15) is 5.11 Å². The van der Waals surface area contributed by atoms with Gasteiger partial charge in [0.25, 0.3) is 0 Å². The summed E-state index contributed by atoms with van der Waals surface area (Å²) in [6, 6.07) is 9.79. The number of nitrogens with zero attached hydrogens (tertiary/aromatic N) is 3. The Balaban J connectivity index is 1.69. The third-order valence-corrected chi connectivity index (χ3v) is 4.06. The molecule has 2 aromatic rings. The molecule has 5 nitrogen and oxygen atoms in total. The van der Waals surface area contributed by atoms with E-state index < -0.39 is 6.10 Å². The van der Waals surface area contributed by atoms with Gasteiger partial charge in [0.15, 0.2) is 0 Å². The van der Waals surface area contributed by atoms with Crippen molar-refractivity contribution in [1.82, 2.24) is 15.3 Å². The van der Waals surface area contributed by atoms with Crippen molar-refractivity contribution in [3.63, 3.8) is 0 Å². The van der Waals surface area contributed by atoms with E-state index in [2.05, 4.69) is 20.2 Å². The third kappa shape index (κ3) is 3.10. The minimum atomic E-state index is -0.447. The monoisotopic (exact) mass is 298 g/mol. The van der Waals surface area contributed by atoms with Gasteiger partial charge in [-0.2, -0.15) is 0 Å². The van der Waals surface area contributed by atoms with Crippen LogP contribution in [0.3, 0.4) is 0 Å². The highest BCUT2D eigenvalue weighted by molar-refractivity contribution is 5.50. The van der Waals surface area contributed by atoms with E-state index in [1.54, 1.807) is 0 Å². The van der Waals surface area contributed by atoms with Crippen LogP contribution in [0.25, 0.3) is 0 Å². The number of aliphatic hydroxyl groups excluding tert-OH is 1. The van der Waals surface area contributed by atoms with E-state index in [-0.39, 0.29) is 0 Å². The van der Waals surface area contributed by atoms with Crippen LogP contribution in [-0.4, -0.2) is 28.7 Å². The molecule has 1 aromatic heterocycles. The summed E-state index contributed by atoms with van der Waals surface area (Å²) < 4.78 is 0. The molecule has 5 heteroatoms. The lowest BCUT2D eigenvalue weighted by Crippen LogP contribution is -2.24. The molecule has 0 bridgehead atoms. The Labute approximate surface area is 131 Å². The molecule has 0 unspecified atom stereocenters. The quantitative estimate of drug-likeness (QED) is 0.883. The van der Waals surface area contributed by atoms with Crippen molar-refractivity contribution in [2.45, 2.75) is 32.5 Å². The summed E-state index contributed by atoms with van der Waals surface area (Å²) in [5.74, 6) is 1.78. The number of rotatable bonds is 5. The zero-order valence-corrected chi connectivity index (χ0v) is 13.1. The molecule has 2 N–H and O–H groups in total. The smallest absolute Gasteiger partial charge is 0.136 e. The van der Waals surface area contributed by atoms with Crippen molar-refractivity contribution in [1.29, 1.82) is 0 Å². The van der Waals surface area contributed by atoms with Crippen LogP contribution < -0.4 is 10.2 Å². The summed E-state index contributed by atoms with van der Waals surface area (Å²) in [4.78, 5) is 11.2. The summed E-state index contributed by atoms with van der Waals surface area (Å²) in [7, 11) is 2.03. The Bertz CT molecular complexity index is 645. The standard InChI is InChI=1S/C17H22N4O/c1-12-19-15-11-18-10-14(15)17(20-12)21(2)9-8-16(22)13-6-4-3-5-7-13/h3-7,16,18,22H,8-11H2,1-2H3/t16-/m1/s1. The SMILES string of the molecule is Cc1nc2c(c(N(C)CC[C@@H](O)c3ccccc3)n1)CNC2. The summed E-state index contributed by atoms with van der Waals surface area (Å²) in [5.41, 5.74) is 3.24. The Morgan fingerprint density at radius 3 is 2.77 bits per heavy atom. The maximum Gasteiger partial charge on any atom is 0.136 e. The van der Waals surface area contributed by atoms with Gasteiger partial charge in [0.2, 0.25) is 0 Å². The number of anilines is 1. The van der Waals surface area contributed by atoms with Crippen molar-refractivity contribution in [2.75, 3.05) is 18.5 Å². The Morgan fingerprint density at radius 1 is 1.23 bits per heavy atom. The number of hydrogen-bond acceptors (Lipinski definition) is 5. The fraction of sp³-hybridized carbons (Fsp3) is 0.412. The minimum Gasteiger partial charge on any atom is -0.388 e. The second-order valence-corrected chi connectivity index (χ2v) is 5.76.